The molecule has 2 N–H and O–H groups in total. The van der Waals surface area contributed by atoms with Crippen LogP contribution in [0.4, 0.5) is 10.1 Å². The molecule has 0 aliphatic rings. The molecule has 0 aliphatic carbocycles. The number of nitrogens with zero attached hydrogens (tertiary/aromatic N) is 2. The number of rotatable bonds is 2. The van der Waals surface area contributed by atoms with Crippen LogP contribution in [0, 0.1) is 5.82 Å². The van der Waals surface area contributed by atoms with E-state index in [-0.39, 0.29) is 16.5 Å². The minimum absolute atomic E-state index is 0.00137. The molecule has 0 aliphatic heterocycles. The fourth-order valence-electron chi connectivity index (χ4n) is 1.81. The highest BCUT2D eigenvalue weighted by molar-refractivity contribution is 6.31. The van der Waals surface area contributed by atoms with E-state index in [9.17, 15) is 4.39 Å². The van der Waals surface area contributed by atoms with Crippen LogP contribution >= 0.6 is 11.6 Å². The van der Waals surface area contributed by atoms with Crippen LogP contribution in [0.25, 0.3) is 22.8 Å². The summed E-state index contributed by atoms with van der Waals surface area (Å²) in [5.74, 6) is -0.230. The Kier molecular flexibility index (Phi) is 3.12. The van der Waals surface area contributed by atoms with Crippen molar-refractivity contribution in [2.45, 2.75) is 0 Å². The quantitative estimate of drug-likeness (QED) is 0.729. The lowest BCUT2D eigenvalue weighted by molar-refractivity contribution is 0.430. The molecule has 1 heterocycles. The summed E-state index contributed by atoms with van der Waals surface area (Å²) in [4.78, 5) is 4.16. The summed E-state index contributed by atoms with van der Waals surface area (Å²) >= 11 is 5.73. The number of nitrogens with two attached hydrogens (primary N) is 1. The number of anilines is 1. The van der Waals surface area contributed by atoms with Gasteiger partial charge < -0.3 is 10.3 Å². The van der Waals surface area contributed by atoms with Crippen LogP contribution in [0.3, 0.4) is 0 Å². The highest BCUT2D eigenvalue weighted by atomic mass is 35.5. The van der Waals surface area contributed by atoms with E-state index < -0.39 is 5.82 Å². The summed E-state index contributed by atoms with van der Waals surface area (Å²) in [7, 11) is 0. The van der Waals surface area contributed by atoms with Crippen molar-refractivity contribution >= 4 is 17.3 Å². The van der Waals surface area contributed by atoms with E-state index in [0.717, 1.165) is 0 Å². The van der Waals surface area contributed by atoms with E-state index in [2.05, 4.69) is 10.1 Å². The Labute approximate surface area is 119 Å². The molecule has 0 radical (unpaired) electrons. The smallest absolute Gasteiger partial charge is 0.261 e. The van der Waals surface area contributed by atoms with E-state index in [1.54, 1.807) is 24.3 Å². The number of hydrogen-bond donors (Lipinski definition) is 1. The maximum atomic E-state index is 13.9. The molecule has 4 nitrogen and oxygen atoms in total. The van der Waals surface area contributed by atoms with Crippen molar-refractivity contribution < 1.29 is 8.91 Å². The van der Waals surface area contributed by atoms with Crippen molar-refractivity contribution in [3.8, 4) is 22.8 Å². The van der Waals surface area contributed by atoms with Gasteiger partial charge in [0, 0.05) is 11.3 Å². The van der Waals surface area contributed by atoms with Crippen LogP contribution < -0.4 is 5.73 Å². The number of hydrogen-bond acceptors (Lipinski definition) is 4. The molecule has 6 heteroatoms. The molecule has 0 atom stereocenters. The van der Waals surface area contributed by atoms with Gasteiger partial charge in [-0.15, -0.1) is 0 Å². The molecular formula is C14H9ClFN3O. The number of halogens is 2. The SMILES string of the molecule is Nc1ccccc1-c1noc(-c2cccc(Cl)c2F)n1. The number of nitrogen functional groups attached to an aromatic ring is 1. The fourth-order valence-corrected chi connectivity index (χ4v) is 1.99. The maximum Gasteiger partial charge on any atom is 0.261 e. The van der Waals surface area contributed by atoms with Gasteiger partial charge in [0.15, 0.2) is 5.82 Å². The van der Waals surface area contributed by atoms with Crippen LogP contribution in [0.1, 0.15) is 0 Å². The standard InChI is InChI=1S/C14H9ClFN3O/c15-10-6-3-5-9(12(10)16)14-18-13(19-20-14)8-4-1-2-7-11(8)17/h1-7H,17H2. The van der Waals surface area contributed by atoms with Crippen molar-refractivity contribution in [3.05, 3.63) is 53.3 Å². The highest BCUT2D eigenvalue weighted by Crippen LogP contribution is 2.29. The first-order chi connectivity index (χ1) is 9.66. The normalized spacial score (nSPS) is 10.7. The number of benzene rings is 2. The first-order valence-corrected chi connectivity index (χ1v) is 6.17. The third-order valence-electron chi connectivity index (χ3n) is 2.81. The summed E-state index contributed by atoms with van der Waals surface area (Å²) in [5, 5.41) is 3.82. The predicted molar refractivity (Wildman–Crippen MR) is 74.6 cm³/mol. The number of aromatic nitrogens is 2. The molecule has 0 unspecified atom stereocenters. The van der Waals surface area contributed by atoms with Gasteiger partial charge in [0.25, 0.3) is 5.89 Å². The van der Waals surface area contributed by atoms with Gasteiger partial charge in [0.05, 0.1) is 10.6 Å². The maximum absolute atomic E-state index is 13.9. The van der Waals surface area contributed by atoms with Gasteiger partial charge in [0.2, 0.25) is 5.82 Å². The van der Waals surface area contributed by atoms with Gasteiger partial charge >= 0.3 is 0 Å². The Morgan fingerprint density at radius 1 is 1.05 bits per heavy atom. The molecule has 0 fully saturated rings. The fraction of sp³-hybridized carbons (Fsp3) is 0. The Hall–Kier alpha value is -2.40. The summed E-state index contributed by atoms with van der Waals surface area (Å²) in [6.07, 6.45) is 0. The molecular weight excluding hydrogens is 281 g/mol. The minimum Gasteiger partial charge on any atom is -0.398 e. The van der Waals surface area contributed by atoms with Gasteiger partial charge in [-0.05, 0) is 24.3 Å². The van der Waals surface area contributed by atoms with E-state index >= 15 is 0 Å². The molecule has 100 valence electrons. The first-order valence-electron chi connectivity index (χ1n) is 5.80. The Balaban J connectivity index is 2.07. The largest absolute Gasteiger partial charge is 0.398 e. The minimum atomic E-state index is -0.592. The zero-order chi connectivity index (χ0) is 14.1. The average Bonchev–Trinajstić information content (AvgIpc) is 2.92. The van der Waals surface area contributed by atoms with E-state index in [0.29, 0.717) is 17.1 Å². The van der Waals surface area contributed by atoms with Crippen molar-refractivity contribution in [2.24, 2.45) is 0 Å². The molecule has 0 spiro atoms. The molecule has 0 bridgehead atoms. The van der Waals surface area contributed by atoms with Gasteiger partial charge in [0.1, 0.15) is 0 Å². The van der Waals surface area contributed by atoms with Crippen molar-refractivity contribution in [2.75, 3.05) is 5.73 Å². The van der Waals surface area contributed by atoms with Crippen molar-refractivity contribution in [1.29, 1.82) is 0 Å². The molecule has 3 aromatic rings. The zero-order valence-electron chi connectivity index (χ0n) is 10.2. The van der Waals surface area contributed by atoms with Crippen LogP contribution in [0.15, 0.2) is 47.0 Å². The Morgan fingerprint density at radius 2 is 1.80 bits per heavy atom. The lowest BCUT2D eigenvalue weighted by Gasteiger charge is -1.99. The molecule has 1 aromatic heterocycles. The molecule has 0 amide bonds. The lowest BCUT2D eigenvalue weighted by atomic mass is 10.1. The van der Waals surface area contributed by atoms with E-state index in [1.807, 2.05) is 6.07 Å². The molecule has 20 heavy (non-hydrogen) atoms. The third kappa shape index (κ3) is 2.12. The Morgan fingerprint density at radius 3 is 2.60 bits per heavy atom. The predicted octanol–water partition coefficient (Wildman–Crippen LogP) is 3.78. The van der Waals surface area contributed by atoms with Crippen LogP contribution in [-0.4, -0.2) is 10.1 Å². The molecule has 3 rings (SSSR count). The van der Waals surface area contributed by atoms with Crippen LogP contribution in [-0.2, 0) is 0 Å². The lowest BCUT2D eigenvalue weighted by Crippen LogP contribution is -1.90. The number of para-hydroxylation sites is 1. The highest BCUT2D eigenvalue weighted by Gasteiger charge is 2.16. The summed E-state index contributed by atoms with van der Waals surface area (Å²) in [6.45, 7) is 0. The van der Waals surface area contributed by atoms with E-state index in [4.69, 9.17) is 21.9 Å². The molecule has 0 saturated heterocycles. The topological polar surface area (TPSA) is 64.9 Å². The van der Waals surface area contributed by atoms with Gasteiger partial charge in [-0.1, -0.05) is 35.0 Å². The monoisotopic (exact) mass is 289 g/mol. The second-order valence-electron chi connectivity index (χ2n) is 4.11. The third-order valence-corrected chi connectivity index (χ3v) is 3.10. The summed E-state index contributed by atoms with van der Waals surface area (Å²) in [5.41, 5.74) is 7.15. The average molecular weight is 290 g/mol. The second kappa shape index (κ2) is 4.94. The van der Waals surface area contributed by atoms with E-state index in [1.165, 1.54) is 12.1 Å². The summed E-state index contributed by atoms with van der Waals surface area (Å²) < 4.78 is 19.0. The van der Waals surface area contributed by atoms with Crippen molar-refractivity contribution in [3.63, 3.8) is 0 Å². The van der Waals surface area contributed by atoms with Gasteiger partial charge in [-0.25, -0.2) is 4.39 Å². The van der Waals surface area contributed by atoms with Crippen LogP contribution in [0.5, 0.6) is 0 Å². The summed E-state index contributed by atoms with van der Waals surface area (Å²) in [6, 6.07) is 11.7. The van der Waals surface area contributed by atoms with Gasteiger partial charge in [-0.3, -0.25) is 0 Å². The first kappa shape index (κ1) is 12.6. The molecule has 2 aromatic carbocycles. The Bertz CT molecular complexity index is 773. The molecule has 0 saturated carbocycles. The van der Waals surface area contributed by atoms with Gasteiger partial charge in [-0.2, -0.15) is 4.98 Å². The zero-order valence-corrected chi connectivity index (χ0v) is 10.9. The van der Waals surface area contributed by atoms with Crippen LogP contribution in [0.2, 0.25) is 5.02 Å². The van der Waals surface area contributed by atoms with Crippen molar-refractivity contribution in [1.82, 2.24) is 10.1 Å². The second-order valence-corrected chi connectivity index (χ2v) is 4.52.